The van der Waals surface area contributed by atoms with E-state index in [-0.39, 0.29) is 0 Å². The molecule has 0 aliphatic heterocycles. The number of unbranched alkanes of at least 4 members (excludes halogenated alkanes) is 1. The van der Waals surface area contributed by atoms with E-state index in [1.807, 2.05) is 0 Å². The van der Waals surface area contributed by atoms with Crippen LogP contribution in [0.4, 0.5) is 0 Å². The van der Waals surface area contributed by atoms with E-state index in [0.29, 0.717) is 6.42 Å². The summed E-state index contributed by atoms with van der Waals surface area (Å²) in [5.41, 5.74) is 1.33. The van der Waals surface area contributed by atoms with Crippen LogP contribution in [0.5, 0.6) is 0 Å². The molecular formula is C11H13NS. The van der Waals surface area contributed by atoms with Gasteiger partial charge >= 0.3 is 0 Å². The summed E-state index contributed by atoms with van der Waals surface area (Å²) in [7, 11) is 0. The van der Waals surface area contributed by atoms with E-state index in [9.17, 15) is 0 Å². The highest BCUT2D eigenvalue weighted by Gasteiger charge is 1.93. The van der Waals surface area contributed by atoms with Gasteiger partial charge in [0.2, 0.25) is 0 Å². The number of rotatable bonds is 4. The summed E-state index contributed by atoms with van der Waals surface area (Å²) >= 11 is 1.75. The maximum atomic E-state index is 8.37. The third-order valence-electron chi connectivity index (χ3n) is 1.91. The molecule has 0 aliphatic rings. The predicted molar refractivity (Wildman–Crippen MR) is 56.8 cm³/mol. The topological polar surface area (TPSA) is 23.8 Å². The van der Waals surface area contributed by atoms with Crippen molar-refractivity contribution in [3.05, 3.63) is 29.8 Å². The summed E-state index contributed by atoms with van der Waals surface area (Å²) in [4.78, 5) is 1.30. The van der Waals surface area contributed by atoms with Crippen LogP contribution >= 0.6 is 11.8 Å². The number of hydrogen-bond acceptors (Lipinski definition) is 2. The summed E-state index contributed by atoms with van der Waals surface area (Å²) in [5.74, 6) is 0. The molecule has 1 rings (SSSR count). The zero-order chi connectivity index (χ0) is 9.52. The average molecular weight is 191 g/mol. The van der Waals surface area contributed by atoms with E-state index < -0.39 is 0 Å². The van der Waals surface area contributed by atoms with Crippen LogP contribution in [0.15, 0.2) is 29.2 Å². The lowest BCUT2D eigenvalue weighted by Crippen LogP contribution is -1.84. The fourth-order valence-corrected chi connectivity index (χ4v) is 1.57. The normalized spacial score (nSPS) is 9.54. The third kappa shape index (κ3) is 3.52. The van der Waals surface area contributed by atoms with Gasteiger partial charge in [0.1, 0.15) is 0 Å². The lowest BCUT2D eigenvalue weighted by molar-refractivity contribution is 0.849. The Morgan fingerprint density at radius 1 is 1.31 bits per heavy atom. The van der Waals surface area contributed by atoms with Gasteiger partial charge in [-0.2, -0.15) is 5.26 Å². The molecular weight excluding hydrogens is 178 g/mol. The standard InChI is InChI=1S/C11H13NS/c1-13-11-7-5-10(6-8-11)4-2-3-9-12/h5-8H,2-4H2,1H3. The summed E-state index contributed by atoms with van der Waals surface area (Å²) in [5, 5.41) is 8.37. The summed E-state index contributed by atoms with van der Waals surface area (Å²) in [6.45, 7) is 0. The van der Waals surface area contributed by atoms with Crippen LogP contribution in [0.25, 0.3) is 0 Å². The second-order valence-electron chi connectivity index (χ2n) is 2.86. The van der Waals surface area contributed by atoms with E-state index in [0.717, 1.165) is 12.8 Å². The molecule has 0 saturated heterocycles. The van der Waals surface area contributed by atoms with Gasteiger partial charge in [0.05, 0.1) is 6.07 Å². The number of thioether (sulfide) groups is 1. The monoisotopic (exact) mass is 191 g/mol. The van der Waals surface area contributed by atoms with Crippen molar-refractivity contribution in [3.63, 3.8) is 0 Å². The van der Waals surface area contributed by atoms with E-state index in [4.69, 9.17) is 5.26 Å². The largest absolute Gasteiger partial charge is 0.198 e. The maximum Gasteiger partial charge on any atom is 0.0621 e. The molecule has 0 bridgehead atoms. The van der Waals surface area contributed by atoms with Crippen molar-refractivity contribution in [3.8, 4) is 6.07 Å². The number of nitriles is 1. The highest BCUT2D eigenvalue weighted by molar-refractivity contribution is 7.98. The smallest absolute Gasteiger partial charge is 0.0621 e. The Bertz CT molecular complexity index is 284. The number of hydrogen-bond donors (Lipinski definition) is 0. The van der Waals surface area contributed by atoms with Crippen molar-refractivity contribution in [2.45, 2.75) is 24.2 Å². The Morgan fingerprint density at radius 3 is 2.54 bits per heavy atom. The van der Waals surface area contributed by atoms with Crippen molar-refractivity contribution >= 4 is 11.8 Å². The Morgan fingerprint density at radius 2 is 2.00 bits per heavy atom. The van der Waals surface area contributed by atoms with Crippen LogP contribution in [-0.2, 0) is 6.42 Å². The van der Waals surface area contributed by atoms with Gasteiger partial charge in [0, 0.05) is 11.3 Å². The molecule has 0 saturated carbocycles. The zero-order valence-electron chi connectivity index (χ0n) is 7.79. The first-order chi connectivity index (χ1) is 6.36. The van der Waals surface area contributed by atoms with Gasteiger partial charge in [-0.05, 0) is 36.8 Å². The second kappa shape index (κ2) is 5.66. The van der Waals surface area contributed by atoms with Crippen LogP contribution < -0.4 is 0 Å². The first-order valence-corrected chi connectivity index (χ1v) is 5.59. The zero-order valence-corrected chi connectivity index (χ0v) is 8.60. The molecule has 0 aromatic heterocycles. The van der Waals surface area contributed by atoms with Crippen molar-refractivity contribution in [2.75, 3.05) is 6.26 Å². The summed E-state index contributed by atoms with van der Waals surface area (Å²) < 4.78 is 0. The molecule has 1 aromatic rings. The van der Waals surface area contributed by atoms with E-state index in [1.54, 1.807) is 11.8 Å². The molecule has 0 radical (unpaired) electrons. The van der Waals surface area contributed by atoms with Crippen molar-refractivity contribution in [1.82, 2.24) is 0 Å². The second-order valence-corrected chi connectivity index (χ2v) is 3.74. The molecule has 13 heavy (non-hydrogen) atoms. The molecule has 0 N–H and O–H groups in total. The van der Waals surface area contributed by atoms with Crippen molar-refractivity contribution in [1.29, 1.82) is 5.26 Å². The van der Waals surface area contributed by atoms with Crippen molar-refractivity contribution < 1.29 is 0 Å². The number of benzene rings is 1. The molecule has 0 amide bonds. The van der Waals surface area contributed by atoms with Crippen LogP contribution in [0, 0.1) is 11.3 Å². The molecule has 68 valence electrons. The number of nitrogens with zero attached hydrogens (tertiary/aromatic N) is 1. The van der Waals surface area contributed by atoms with E-state index in [2.05, 4.69) is 36.6 Å². The van der Waals surface area contributed by atoms with Gasteiger partial charge in [0.15, 0.2) is 0 Å². The average Bonchev–Trinajstić information content (AvgIpc) is 2.19. The van der Waals surface area contributed by atoms with Gasteiger partial charge < -0.3 is 0 Å². The van der Waals surface area contributed by atoms with Crippen LogP contribution in [-0.4, -0.2) is 6.26 Å². The molecule has 1 aromatic carbocycles. The van der Waals surface area contributed by atoms with Crippen LogP contribution in [0.1, 0.15) is 18.4 Å². The molecule has 0 heterocycles. The van der Waals surface area contributed by atoms with E-state index in [1.165, 1.54) is 10.5 Å². The Hall–Kier alpha value is -0.940. The molecule has 2 heteroatoms. The molecule has 0 spiro atoms. The van der Waals surface area contributed by atoms with Crippen LogP contribution in [0.2, 0.25) is 0 Å². The van der Waals surface area contributed by atoms with Gasteiger partial charge in [-0.1, -0.05) is 12.1 Å². The fraction of sp³-hybridized carbons (Fsp3) is 0.364. The highest BCUT2D eigenvalue weighted by atomic mass is 32.2. The lowest BCUT2D eigenvalue weighted by atomic mass is 10.1. The van der Waals surface area contributed by atoms with Gasteiger partial charge in [-0.3, -0.25) is 0 Å². The molecule has 0 fully saturated rings. The van der Waals surface area contributed by atoms with E-state index >= 15 is 0 Å². The minimum atomic E-state index is 0.657. The molecule has 1 nitrogen and oxygen atoms in total. The molecule has 0 aliphatic carbocycles. The third-order valence-corrected chi connectivity index (χ3v) is 2.66. The quantitative estimate of drug-likeness (QED) is 0.539. The number of aryl methyl sites for hydroxylation is 1. The fourth-order valence-electron chi connectivity index (χ4n) is 1.16. The van der Waals surface area contributed by atoms with Gasteiger partial charge in [-0.15, -0.1) is 11.8 Å². The first kappa shape index (κ1) is 10.1. The Kier molecular flexibility index (Phi) is 4.42. The van der Waals surface area contributed by atoms with Crippen molar-refractivity contribution in [2.24, 2.45) is 0 Å². The minimum absolute atomic E-state index is 0.657. The van der Waals surface area contributed by atoms with Crippen LogP contribution in [0.3, 0.4) is 0 Å². The predicted octanol–water partition coefficient (Wildman–Crippen LogP) is 3.25. The first-order valence-electron chi connectivity index (χ1n) is 4.36. The summed E-state index contributed by atoms with van der Waals surface area (Å²) in [6.07, 6.45) is 4.71. The Labute approximate surface area is 83.8 Å². The van der Waals surface area contributed by atoms with Gasteiger partial charge in [0.25, 0.3) is 0 Å². The maximum absolute atomic E-state index is 8.37. The lowest BCUT2D eigenvalue weighted by Gasteiger charge is -2.00. The minimum Gasteiger partial charge on any atom is -0.198 e. The Balaban J connectivity index is 2.45. The highest BCUT2D eigenvalue weighted by Crippen LogP contribution is 2.15. The van der Waals surface area contributed by atoms with Gasteiger partial charge in [-0.25, -0.2) is 0 Å². The SMILES string of the molecule is CSc1ccc(CCCC#N)cc1. The molecule has 0 atom stereocenters. The molecule has 0 unspecified atom stereocenters. The summed E-state index contributed by atoms with van der Waals surface area (Å²) in [6, 6.07) is 10.7.